The molecular formula is C26H29N3O3. The second-order valence-electron chi connectivity index (χ2n) is 8.08. The Labute approximate surface area is 188 Å². The van der Waals surface area contributed by atoms with Gasteiger partial charge in [0, 0.05) is 29.7 Å². The third-order valence-corrected chi connectivity index (χ3v) is 5.84. The number of rotatable bonds is 9. The first-order valence-corrected chi connectivity index (χ1v) is 11.3. The zero-order valence-electron chi connectivity index (χ0n) is 18.4. The largest absolute Gasteiger partial charge is 0.494 e. The van der Waals surface area contributed by atoms with Crippen LogP contribution in [-0.2, 0) is 17.8 Å². The van der Waals surface area contributed by atoms with Crippen molar-refractivity contribution in [1.82, 2.24) is 15.1 Å². The van der Waals surface area contributed by atoms with E-state index in [4.69, 9.17) is 4.74 Å². The number of benzene rings is 2. The van der Waals surface area contributed by atoms with E-state index in [2.05, 4.69) is 22.5 Å². The third-order valence-electron chi connectivity index (χ3n) is 5.84. The standard InChI is InChI=1S/C26H29N3O3/c1-2-32-21-13-11-20(12-14-21)25(30)15-16-26(31)28-23-9-6-10-24-22(23)17-27-29(24)18-19-7-4-3-5-8-19/h3-5,7-8,11-14,17,23H,2,6,9-10,15-16,18H2,1H3,(H,28,31). The van der Waals surface area contributed by atoms with Gasteiger partial charge in [0.1, 0.15) is 5.75 Å². The lowest BCUT2D eigenvalue weighted by atomic mass is 9.92. The Kier molecular flexibility index (Phi) is 7.00. The van der Waals surface area contributed by atoms with Crippen LogP contribution in [0.25, 0.3) is 0 Å². The summed E-state index contributed by atoms with van der Waals surface area (Å²) in [6.07, 6.45) is 5.10. The molecule has 2 aromatic carbocycles. The summed E-state index contributed by atoms with van der Waals surface area (Å²) in [6.45, 7) is 3.23. The van der Waals surface area contributed by atoms with Gasteiger partial charge in [-0.3, -0.25) is 14.3 Å². The predicted octanol–water partition coefficient (Wildman–Crippen LogP) is 4.49. The van der Waals surface area contributed by atoms with Crippen molar-refractivity contribution < 1.29 is 14.3 Å². The normalized spacial score (nSPS) is 15.1. The molecule has 1 amide bonds. The van der Waals surface area contributed by atoms with Crippen molar-refractivity contribution in [1.29, 1.82) is 0 Å². The Morgan fingerprint density at radius 3 is 2.62 bits per heavy atom. The summed E-state index contributed by atoms with van der Waals surface area (Å²) in [7, 11) is 0. The van der Waals surface area contributed by atoms with Crippen LogP contribution in [0.2, 0.25) is 0 Å². The number of ketones is 1. The molecule has 0 saturated carbocycles. The van der Waals surface area contributed by atoms with Gasteiger partial charge >= 0.3 is 0 Å². The van der Waals surface area contributed by atoms with Crippen LogP contribution in [0.1, 0.15) is 65.8 Å². The van der Waals surface area contributed by atoms with Crippen molar-refractivity contribution in [3.05, 3.63) is 83.2 Å². The van der Waals surface area contributed by atoms with Crippen molar-refractivity contribution in [3.8, 4) is 5.75 Å². The van der Waals surface area contributed by atoms with Gasteiger partial charge in [-0.15, -0.1) is 0 Å². The lowest BCUT2D eigenvalue weighted by Crippen LogP contribution is -2.31. The maximum atomic E-state index is 12.6. The van der Waals surface area contributed by atoms with E-state index in [-0.39, 0.29) is 30.6 Å². The molecular weight excluding hydrogens is 402 g/mol. The van der Waals surface area contributed by atoms with Crippen molar-refractivity contribution in [3.63, 3.8) is 0 Å². The third kappa shape index (κ3) is 5.25. The molecule has 1 unspecified atom stereocenters. The number of nitrogens with one attached hydrogen (secondary N) is 1. The number of nitrogens with zero attached hydrogens (tertiary/aromatic N) is 2. The summed E-state index contributed by atoms with van der Waals surface area (Å²) in [4.78, 5) is 25.0. The highest BCUT2D eigenvalue weighted by molar-refractivity contribution is 5.98. The fraction of sp³-hybridized carbons (Fsp3) is 0.346. The Bertz CT molecular complexity index is 1060. The van der Waals surface area contributed by atoms with Gasteiger partial charge in [0.05, 0.1) is 25.4 Å². The predicted molar refractivity (Wildman–Crippen MR) is 123 cm³/mol. The van der Waals surface area contributed by atoms with Gasteiger partial charge in [-0.2, -0.15) is 5.10 Å². The smallest absolute Gasteiger partial charge is 0.220 e. The quantitative estimate of drug-likeness (QED) is 0.507. The molecule has 3 aromatic rings. The number of carbonyl (C=O) groups excluding carboxylic acids is 2. The van der Waals surface area contributed by atoms with Crippen LogP contribution in [0.4, 0.5) is 0 Å². The molecule has 1 aromatic heterocycles. The Morgan fingerprint density at radius 2 is 1.88 bits per heavy atom. The zero-order chi connectivity index (χ0) is 22.3. The van der Waals surface area contributed by atoms with Crippen LogP contribution in [0, 0.1) is 0 Å². The first kappa shape index (κ1) is 21.8. The summed E-state index contributed by atoms with van der Waals surface area (Å²) in [5.41, 5.74) is 4.09. The zero-order valence-corrected chi connectivity index (χ0v) is 18.4. The molecule has 0 spiro atoms. The van der Waals surface area contributed by atoms with Gasteiger partial charge in [0.25, 0.3) is 0 Å². The highest BCUT2D eigenvalue weighted by Gasteiger charge is 2.25. The summed E-state index contributed by atoms with van der Waals surface area (Å²) >= 11 is 0. The number of hydrogen-bond donors (Lipinski definition) is 1. The Morgan fingerprint density at radius 1 is 1.09 bits per heavy atom. The highest BCUT2D eigenvalue weighted by atomic mass is 16.5. The number of amides is 1. The van der Waals surface area contributed by atoms with Crippen LogP contribution in [0.15, 0.2) is 60.8 Å². The minimum Gasteiger partial charge on any atom is -0.494 e. The van der Waals surface area contributed by atoms with E-state index < -0.39 is 0 Å². The maximum Gasteiger partial charge on any atom is 0.220 e. The van der Waals surface area contributed by atoms with E-state index >= 15 is 0 Å². The molecule has 0 saturated heterocycles. The average Bonchev–Trinajstić information content (AvgIpc) is 3.23. The number of ether oxygens (including phenoxy) is 1. The van der Waals surface area contributed by atoms with Gasteiger partial charge in [0.2, 0.25) is 5.91 Å². The van der Waals surface area contributed by atoms with Crippen LogP contribution in [0.5, 0.6) is 5.75 Å². The molecule has 0 radical (unpaired) electrons. The summed E-state index contributed by atoms with van der Waals surface area (Å²) in [5, 5.41) is 7.71. The summed E-state index contributed by atoms with van der Waals surface area (Å²) in [5.74, 6) is 0.601. The average molecular weight is 432 g/mol. The SMILES string of the molecule is CCOc1ccc(C(=O)CCC(=O)NC2CCCc3c2cnn3Cc2ccccc2)cc1. The maximum absolute atomic E-state index is 12.6. The number of aromatic nitrogens is 2. The first-order valence-electron chi connectivity index (χ1n) is 11.3. The number of fused-ring (bicyclic) bond motifs is 1. The van der Waals surface area contributed by atoms with E-state index in [1.807, 2.05) is 36.0 Å². The minimum absolute atomic E-state index is 0.0387. The van der Waals surface area contributed by atoms with Gasteiger partial charge in [-0.05, 0) is 56.0 Å². The highest BCUT2D eigenvalue weighted by Crippen LogP contribution is 2.30. The topological polar surface area (TPSA) is 73.2 Å². The lowest BCUT2D eigenvalue weighted by molar-refractivity contribution is -0.121. The molecule has 6 heteroatoms. The molecule has 1 heterocycles. The van der Waals surface area contributed by atoms with Crippen LogP contribution >= 0.6 is 0 Å². The molecule has 1 atom stereocenters. The Balaban J connectivity index is 1.33. The Hall–Kier alpha value is -3.41. The van der Waals surface area contributed by atoms with E-state index in [0.29, 0.717) is 12.2 Å². The van der Waals surface area contributed by atoms with Crippen molar-refractivity contribution in [2.24, 2.45) is 0 Å². The molecule has 0 fully saturated rings. The van der Waals surface area contributed by atoms with Crippen LogP contribution in [-0.4, -0.2) is 28.1 Å². The molecule has 4 rings (SSSR count). The second-order valence-corrected chi connectivity index (χ2v) is 8.08. The molecule has 1 aliphatic carbocycles. The van der Waals surface area contributed by atoms with Crippen molar-refractivity contribution >= 4 is 11.7 Å². The number of Topliss-reactive ketones (excluding diaryl/α,β-unsaturated/α-hetero) is 1. The van der Waals surface area contributed by atoms with Crippen molar-refractivity contribution in [2.45, 2.75) is 51.6 Å². The van der Waals surface area contributed by atoms with Crippen LogP contribution < -0.4 is 10.1 Å². The minimum atomic E-state index is -0.0991. The summed E-state index contributed by atoms with van der Waals surface area (Å²) < 4.78 is 7.44. The van der Waals surface area contributed by atoms with E-state index in [1.54, 1.807) is 24.3 Å². The second kappa shape index (κ2) is 10.3. The lowest BCUT2D eigenvalue weighted by Gasteiger charge is -2.24. The fourth-order valence-electron chi connectivity index (χ4n) is 4.20. The van der Waals surface area contributed by atoms with Crippen molar-refractivity contribution in [2.75, 3.05) is 6.61 Å². The summed E-state index contributed by atoms with van der Waals surface area (Å²) in [6, 6.07) is 17.3. The monoisotopic (exact) mass is 431 g/mol. The molecule has 166 valence electrons. The fourth-order valence-corrected chi connectivity index (χ4v) is 4.20. The number of hydrogen-bond acceptors (Lipinski definition) is 4. The first-order chi connectivity index (χ1) is 15.6. The molecule has 32 heavy (non-hydrogen) atoms. The molecule has 1 aliphatic rings. The van der Waals surface area contributed by atoms with Gasteiger partial charge < -0.3 is 10.1 Å². The van der Waals surface area contributed by atoms with E-state index in [9.17, 15) is 9.59 Å². The molecule has 0 aliphatic heterocycles. The van der Waals surface area contributed by atoms with Gasteiger partial charge in [0.15, 0.2) is 5.78 Å². The molecule has 6 nitrogen and oxygen atoms in total. The number of carbonyl (C=O) groups is 2. The van der Waals surface area contributed by atoms with Gasteiger partial charge in [-0.1, -0.05) is 30.3 Å². The molecule has 0 bridgehead atoms. The van der Waals surface area contributed by atoms with E-state index in [0.717, 1.165) is 37.1 Å². The van der Waals surface area contributed by atoms with Gasteiger partial charge in [-0.25, -0.2) is 0 Å². The van der Waals surface area contributed by atoms with Crippen LogP contribution in [0.3, 0.4) is 0 Å². The van der Waals surface area contributed by atoms with E-state index in [1.165, 1.54) is 11.3 Å². The molecule has 1 N–H and O–H groups in total.